The highest BCUT2D eigenvalue weighted by Gasteiger charge is 2.22. The second-order valence-electron chi connectivity index (χ2n) is 7.43. The lowest BCUT2D eigenvalue weighted by Crippen LogP contribution is -2.15. The number of aromatic carboxylic acids is 1. The molecule has 0 aliphatic carbocycles. The van der Waals surface area contributed by atoms with Crippen LogP contribution in [0.3, 0.4) is 0 Å². The fraction of sp³-hybridized carbons (Fsp3) is 0.389. The number of anilines is 1. The molecule has 3 aromatic rings. The molecule has 138 valence electrons. The molecule has 0 aliphatic heterocycles. The normalized spacial score (nSPS) is 13.2. The van der Waals surface area contributed by atoms with Crippen molar-refractivity contribution in [3.8, 4) is 0 Å². The molecule has 1 aromatic carbocycles. The van der Waals surface area contributed by atoms with E-state index in [9.17, 15) is 9.90 Å². The number of aromatic nitrogens is 4. The molecule has 3 rings (SSSR count). The monoisotopic (exact) mass is 375 g/mol. The number of rotatable bonds is 4. The number of halogens is 1. The molecule has 26 heavy (non-hydrogen) atoms. The molecule has 8 heteroatoms. The van der Waals surface area contributed by atoms with E-state index in [1.54, 1.807) is 11.6 Å². The van der Waals surface area contributed by atoms with Crippen molar-refractivity contribution < 1.29 is 9.90 Å². The van der Waals surface area contributed by atoms with Gasteiger partial charge in [-0.3, -0.25) is 5.10 Å². The van der Waals surface area contributed by atoms with Crippen molar-refractivity contribution in [3.05, 3.63) is 40.4 Å². The summed E-state index contributed by atoms with van der Waals surface area (Å²) in [6.07, 6.45) is 1.36. The highest BCUT2D eigenvalue weighted by atomic mass is 35.5. The van der Waals surface area contributed by atoms with Crippen LogP contribution in [0.4, 0.5) is 5.82 Å². The fourth-order valence-electron chi connectivity index (χ4n) is 3.02. The van der Waals surface area contributed by atoms with Crippen LogP contribution >= 0.6 is 11.6 Å². The Morgan fingerprint density at radius 3 is 2.65 bits per heavy atom. The van der Waals surface area contributed by atoms with E-state index in [2.05, 4.69) is 41.3 Å². The Labute approximate surface area is 156 Å². The zero-order valence-corrected chi connectivity index (χ0v) is 16.1. The van der Waals surface area contributed by atoms with E-state index in [0.717, 1.165) is 16.5 Å². The minimum absolute atomic E-state index is 0.0957. The van der Waals surface area contributed by atoms with Gasteiger partial charge < -0.3 is 15.0 Å². The summed E-state index contributed by atoms with van der Waals surface area (Å²) in [6.45, 7) is 8.24. The fourth-order valence-corrected chi connectivity index (χ4v) is 3.46. The third kappa shape index (κ3) is 3.14. The lowest BCUT2D eigenvalue weighted by atomic mass is 9.86. The first-order valence-electron chi connectivity index (χ1n) is 8.29. The van der Waals surface area contributed by atoms with Gasteiger partial charge in [0.05, 0.1) is 17.8 Å². The summed E-state index contributed by atoms with van der Waals surface area (Å²) in [5.41, 5.74) is 1.92. The summed E-state index contributed by atoms with van der Waals surface area (Å²) >= 11 is 6.41. The SMILES string of the molecule is CC(Nc1n[nH]c2cc(Cl)c(C(C)(C)C)cc12)c1ncc(C(=O)O)n1C. The number of carboxylic acids is 1. The molecule has 2 heterocycles. The van der Waals surface area contributed by atoms with Gasteiger partial charge in [-0.15, -0.1) is 0 Å². The molecule has 0 bridgehead atoms. The first kappa shape index (κ1) is 18.3. The van der Waals surface area contributed by atoms with Crippen molar-refractivity contribution in [2.75, 3.05) is 5.32 Å². The number of fused-ring (bicyclic) bond motifs is 1. The van der Waals surface area contributed by atoms with Gasteiger partial charge in [-0.05, 0) is 30.0 Å². The van der Waals surface area contributed by atoms with Crippen molar-refractivity contribution in [2.24, 2.45) is 7.05 Å². The van der Waals surface area contributed by atoms with E-state index in [-0.39, 0.29) is 17.2 Å². The highest BCUT2D eigenvalue weighted by molar-refractivity contribution is 6.32. The van der Waals surface area contributed by atoms with Crippen LogP contribution < -0.4 is 5.32 Å². The van der Waals surface area contributed by atoms with Gasteiger partial charge in [-0.25, -0.2) is 9.78 Å². The number of benzene rings is 1. The van der Waals surface area contributed by atoms with Gasteiger partial charge in [-0.2, -0.15) is 5.10 Å². The number of nitrogens with zero attached hydrogens (tertiary/aromatic N) is 3. The number of nitrogens with one attached hydrogen (secondary N) is 2. The van der Waals surface area contributed by atoms with Crippen LogP contribution in [-0.4, -0.2) is 30.8 Å². The molecule has 0 saturated heterocycles. The molecule has 1 unspecified atom stereocenters. The summed E-state index contributed by atoms with van der Waals surface area (Å²) < 4.78 is 1.56. The molecule has 0 spiro atoms. The first-order chi connectivity index (χ1) is 12.1. The topological polar surface area (TPSA) is 95.8 Å². The average molecular weight is 376 g/mol. The van der Waals surface area contributed by atoms with Crippen molar-refractivity contribution in [3.63, 3.8) is 0 Å². The van der Waals surface area contributed by atoms with E-state index in [1.165, 1.54) is 6.20 Å². The molecule has 2 aromatic heterocycles. The van der Waals surface area contributed by atoms with Crippen LogP contribution in [0, 0.1) is 0 Å². The first-order valence-corrected chi connectivity index (χ1v) is 8.67. The van der Waals surface area contributed by atoms with Crippen molar-refractivity contribution in [1.29, 1.82) is 0 Å². The Morgan fingerprint density at radius 1 is 1.38 bits per heavy atom. The third-order valence-electron chi connectivity index (χ3n) is 4.44. The summed E-state index contributed by atoms with van der Waals surface area (Å²) in [6, 6.07) is 3.69. The molecule has 0 radical (unpaired) electrons. The number of carboxylic acid groups (broad SMARTS) is 1. The Morgan fingerprint density at radius 2 is 2.08 bits per heavy atom. The Bertz CT molecular complexity index is 984. The number of hydrogen-bond acceptors (Lipinski definition) is 4. The van der Waals surface area contributed by atoms with Crippen LogP contribution in [0.2, 0.25) is 5.02 Å². The van der Waals surface area contributed by atoms with E-state index in [4.69, 9.17) is 11.6 Å². The molecule has 7 nitrogen and oxygen atoms in total. The van der Waals surface area contributed by atoms with E-state index in [1.807, 2.05) is 19.1 Å². The van der Waals surface area contributed by atoms with Crippen molar-refractivity contribution in [1.82, 2.24) is 19.7 Å². The number of imidazole rings is 1. The van der Waals surface area contributed by atoms with E-state index < -0.39 is 5.97 Å². The molecule has 0 fully saturated rings. The predicted molar refractivity (Wildman–Crippen MR) is 102 cm³/mol. The second kappa shape index (κ2) is 6.32. The molecular weight excluding hydrogens is 354 g/mol. The molecule has 1 atom stereocenters. The summed E-state index contributed by atoms with van der Waals surface area (Å²) in [7, 11) is 1.68. The van der Waals surface area contributed by atoms with Crippen LogP contribution in [0.25, 0.3) is 10.9 Å². The maximum absolute atomic E-state index is 11.2. The molecule has 3 N–H and O–H groups in total. The summed E-state index contributed by atoms with van der Waals surface area (Å²) in [5.74, 6) is 0.284. The van der Waals surface area contributed by atoms with Gasteiger partial charge in [0.1, 0.15) is 11.5 Å². The maximum atomic E-state index is 11.2. The van der Waals surface area contributed by atoms with Gasteiger partial charge in [0, 0.05) is 17.5 Å². The molecular formula is C18H22ClN5O2. The van der Waals surface area contributed by atoms with Crippen LogP contribution in [0.15, 0.2) is 18.3 Å². The summed E-state index contributed by atoms with van der Waals surface area (Å²) in [4.78, 5) is 15.4. The minimum Gasteiger partial charge on any atom is -0.477 e. The number of aromatic amines is 1. The zero-order valence-electron chi connectivity index (χ0n) is 15.4. The highest BCUT2D eigenvalue weighted by Crippen LogP contribution is 2.35. The number of H-pyrrole nitrogens is 1. The number of hydrogen-bond donors (Lipinski definition) is 3. The zero-order chi connectivity index (χ0) is 19.2. The van der Waals surface area contributed by atoms with E-state index in [0.29, 0.717) is 16.7 Å². The van der Waals surface area contributed by atoms with Crippen molar-refractivity contribution >= 4 is 34.3 Å². The predicted octanol–water partition coefficient (Wildman–Crippen LogP) is 4.12. The second-order valence-corrected chi connectivity index (χ2v) is 7.84. The standard InChI is InChI=1S/C18H22ClN5O2/c1-9(16-20-8-14(17(25)26)24(16)5)21-15-10-6-11(18(2,3)4)12(19)7-13(10)22-23-15/h6-9H,1-5H3,(H,25,26)(H2,21,22,23). The quantitative estimate of drug-likeness (QED) is 0.637. The third-order valence-corrected chi connectivity index (χ3v) is 4.75. The van der Waals surface area contributed by atoms with Gasteiger partial charge in [0.2, 0.25) is 0 Å². The van der Waals surface area contributed by atoms with Gasteiger partial charge in [0.15, 0.2) is 5.82 Å². The van der Waals surface area contributed by atoms with Crippen LogP contribution in [0.1, 0.15) is 55.6 Å². The van der Waals surface area contributed by atoms with Crippen molar-refractivity contribution in [2.45, 2.75) is 39.2 Å². The molecule has 0 amide bonds. The van der Waals surface area contributed by atoms with E-state index >= 15 is 0 Å². The number of carbonyl (C=O) groups is 1. The minimum atomic E-state index is -1.01. The molecule has 0 saturated carbocycles. The lowest BCUT2D eigenvalue weighted by Gasteiger charge is -2.21. The maximum Gasteiger partial charge on any atom is 0.354 e. The Balaban J connectivity index is 1.97. The lowest BCUT2D eigenvalue weighted by molar-refractivity contribution is 0.0686. The van der Waals surface area contributed by atoms with Crippen LogP contribution in [0.5, 0.6) is 0 Å². The Hall–Kier alpha value is -2.54. The van der Waals surface area contributed by atoms with Gasteiger partial charge >= 0.3 is 5.97 Å². The summed E-state index contributed by atoms with van der Waals surface area (Å²) in [5, 5.41) is 21.5. The largest absolute Gasteiger partial charge is 0.477 e. The van der Waals surface area contributed by atoms with Crippen LogP contribution in [-0.2, 0) is 12.5 Å². The molecule has 0 aliphatic rings. The van der Waals surface area contributed by atoms with Gasteiger partial charge in [0.25, 0.3) is 0 Å². The Kier molecular flexibility index (Phi) is 4.44. The van der Waals surface area contributed by atoms with Gasteiger partial charge in [-0.1, -0.05) is 32.4 Å². The average Bonchev–Trinajstić information content (AvgIpc) is 3.09. The smallest absolute Gasteiger partial charge is 0.354 e.